The van der Waals surface area contributed by atoms with E-state index in [0.29, 0.717) is 53.9 Å². The third kappa shape index (κ3) is 3.53. The van der Waals surface area contributed by atoms with Gasteiger partial charge in [-0.1, -0.05) is 18.2 Å². The maximum atomic E-state index is 13.2. The molecule has 1 aliphatic rings. The summed E-state index contributed by atoms with van der Waals surface area (Å²) in [5, 5.41) is 0.556. The van der Waals surface area contributed by atoms with Crippen molar-refractivity contribution in [2.24, 2.45) is 0 Å². The van der Waals surface area contributed by atoms with Crippen molar-refractivity contribution < 1.29 is 8.42 Å². The number of para-hydroxylation sites is 1. The lowest BCUT2D eigenvalue weighted by Crippen LogP contribution is -2.49. The molecule has 1 saturated heterocycles. The first-order valence-electron chi connectivity index (χ1n) is 9.89. The molecule has 0 radical (unpaired) electrons. The highest BCUT2D eigenvalue weighted by Gasteiger charge is 2.32. The van der Waals surface area contributed by atoms with Gasteiger partial charge in [0.2, 0.25) is 10.0 Å². The smallest absolute Gasteiger partial charge is 0.258 e. The predicted octanol–water partition coefficient (Wildman–Crippen LogP) is 2.00. The number of aromatic amines is 1. The topological polar surface area (TPSA) is 112 Å². The molecule has 3 heterocycles. The van der Waals surface area contributed by atoms with Gasteiger partial charge in [0.1, 0.15) is 21.8 Å². The second kappa shape index (κ2) is 7.75. The Balaban J connectivity index is 1.35. The van der Waals surface area contributed by atoms with Crippen molar-refractivity contribution in [2.75, 3.05) is 26.2 Å². The van der Waals surface area contributed by atoms with Crippen LogP contribution in [-0.4, -0.2) is 62.5 Å². The molecule has 9 nitrogen and oxygen atoms in total. The van der Waals surface area contributed by atoms with Crippen LogP contribution in [0.15, 0.2) is 52.2 Å². The molecular weight excluding hydrogens is 436 g/mol. The summed E-state index contributed by atoms with van der Waals surface area (Å²) in [6, 6.07) is 12.1. The second-order valence-electron chi connectivity index (χ2n) is 7.47. The van der Waals surface area contributed by atoms with Crippen molar-refractivity contribution in [3.63, 3.8) is 0 Å². The van der Waals surface area contributed by atoms with Crippen LogP contribution in [0.2, 0.25) is 0 Å². The monoisotopic (exact) mass is 456 g/mol. The van der Waals surface area contributed by atoms with Gasteiger partial charge in [0, 0.05) is 26.2 Å². The van der Waals surface area contributed by atoms with Crippen LogP contribution in [0.5, 0.6) is 0 Å². The average Bonchev–Trinajstić information content (AvgIpc) is 3.27. The minimum atomic E-state index is -3.67. The van der Waals surface area contributed by atoms with Crippen LogP contribution < -0.4 is 5.56 Å². The number of rotatable bonds is 4. The number of benzene rings is 2. The van der Waals surface area contributed by atoms with Gasteiger partial charge >= 0.3 is 0 Å². The van der Waals surface area contributed by atoms with Crippen LogP contribution in [0.1, 0.15) is 18.8 Å². The molecule has 0 saturated carbocycles. The van der Waals surface area contributed by atoms with E-state index in [1.54, 1.807) is 24.3 Å². The summed E-state index contributed by atoms with van der Waals surface area (Å²) >= 11 is 1.01. The number of aromatic nitrogens is 4. The summed E-state index contributed by atoms with van der Waals surface area (Å²) in [5.41, 5.74) is 1.49. The molecule has 1 atom stereocenters. The molecule has 1 aliphatic heterocycles. The van der Waals surface area contributed by atoms with Gasteiger partial charge in [-0.3, -0.25) is 9.69 Å². The zero-order valence-corrected chi connectivity index (χ0v) is 18.4. The van der Waals surface area contributed by atoms with E-state index in [9.17, 15) is 13.2 Å². The van der Waals surface area contributed by atoms with Gasteiger partial charge in [0.15, 0.2) is 0 Å². The molecule has 0 aliphatic carbocycles. The summed E-state index contributed by atoms with van der Waals surface area (Å²) in [4.78, 5) is 22.2. The van der Waals surface area contributed by atoms with Crippen LogP contribution in [0.4, 0.5) is 0 Å². The second-order valence-corrected chi connectivity index (χ2v) is 9.91. The molecule has 1 N–H and O–H groups in total. The molecule has 11 heteroatoms. The molecule has 0 unspecified atom stereocenters. The van der Waals surface area contributed by atoms with Gasteiger partial charge in [-0.05, 0) is 31.2 Å². The summed E-state index contributed by atoms with van der Waals surface area (Å²) in [6.07, 6.45) is 0. The summed E-state index contributed by atoms with van der Waals surface area (Å²) < 4.78 is 36.2. The van der Waals surface area contributed by atoms with Gasteiger partial charge < -0.3 is 4.98 Å². The Hall–Kier alpha value is -2.73. The minimum Gasteiger partial charge on any atom is -0.309 e. The zero-order valence-electron chi connectivity index (χ0n) is 16.7. The minimum absolute atomic E-state index is 0.145. The lowest BCUT2D eigenvalue weighted by Gasteiger charge is -2.36. The van der Waals surface area contributed by atoms with Crippen molar-refractivity contribution in [3.8, 4) is 0 Å². The van der Waals surface area contributed by atoms with Crippen molar-refractivity contribution in [1.82, 2.24) is 27.9 Å². The maximum absolute atomic E-state index is 13.2. The highest BCUT2D eigenvalue weighted by molar-refractivity contribution is 7.89. The van der Waals surface area contributed by atoms with E-state index in [1.807, 2.05) is 25.1 Å². The number of H-pyrrole nitrogens is 1. The van der Waals surface area contributed by atoms with E-state index in [2.05, 4.69) is 23.6 Å². The first-order valence-corrected chi connectivity index (χ1v) is 12.1. The number of nitrogens with zero attached hydrogens (tertiary/aromatic N) is 5. The fraction of sp³-hybridized carbons (Fsp3) is 0.300. The fourth-order valence-corrected chi connectivity index (χ4v) is 6.11. The van der Waals surface area contributed by atoms with Gasteiger partial charge in [-0.15, -0.1) is 0 Å². The Kier molecular flexibility index (Phi) is 5.05. The molecular formula is C20H20N6O3S2. The molecule has 2 aromatic carbocycles. The number of nitrogens with one attached hydrogen (secondary N) is 1. The number of piperazine rings is 1. The van der Waals surface area contributed by atoms with Gasteiger partial charge in [-0.25, -0.2) is 13.4 Å². The van der Waals surface area contributed by atoms with Gasteiger partial charge in [0.25, 0.3) is 5.56 Å². The first-order chi connectivity index (χ1) is 14.9. The Bertz CT molecular complexity index is 1420. The highest BCUT2D eigenvalue weighted by atomic mass is 32.2. The molecule has 160 valence electrons. The standard InChI is InChI=1S/C20H20N6O3S2/c1-13(19-21-15-6-3-2-5-14(15)20(27)22-19)25-9-11-26(12-10-25)31(28,29)17-8-4-7-16-18(17)24-30-23-16/h2-8,13H,9-12H2,1H3,(H,21,22,27)/t13-/m0/s1. The largest absolute Gasteiger partial charge is 0.309 e. The number of sulfonamides is 1. The van der Waals surface area contributed by atoms with Crippen molar-refractivity contribution >= 4 is 43.7 Å². The third-order valence-corrected chi connectivity index (χ3v) is 8.19. The van der Waals surface area contributed by atoms with Crippen LogP contribution in [0.3, 0.4) is 0 Å². The first kappa shape index (κ1) is 20.2. The Morgan fingerprint density at radius 2 is 1.74 bits per heavy atom. The molecule has 0 bridgehead atoms. The Labute approximate surface area is 182 Å². The number of hydrogen-bond acceptors (Lipinski definition) is 8. The van der Waals surface area contributed by atoms with E-state index < -0.39 is 10.0 Å². The molecule has 0 amide bonds. The SMILES string of the molecule is C[C@@H](c1nc2ccccc2c(=O)[nH]1)N1CCN(S(=O)(=O)c2cccc3nsnc23)CC1. The zero-order chi connectivity index (χ0) is 21.6. The quantitative estimate of drug-likeness (QED) is 0.500. The maximum Gasteiger partial charge on any atom is 0.258 e. The van der Waals surface area contributed by atoms with Crippen LogP contribution >= 0.6 is 11.7 Å². The molecule has 0 spiro atoms. The van der Waals surface area contributed by atoms with Crippen molar-refractivity contribution in [1.29, 1.82) is 0 Å². The van der Waals surface area contributed by atoms with E-state index >= 15 is 0 Å². The Morgan fingerprint density at radius 1 is 1.00 bits per heavy atom. The number of fused-ring (bicyclic) bond motifs is 2. The predicted molar refractivity (Wildman–Crippen MR) is 119 cm³/mol. The molecule has 5 rings (SSSR count). The summed E-state index contributed by atoms with van der Waals surface area (Å²) in [5.74, 6) is 0.582. The molecule has 1 fully saturated rings. The van der Waals surface area contributed by atoms with E-state index in [1.165, 1.54) is 4.31 Å². The van der Waals surface area contributed by atoms with Gasteiger partial charge in [-0.2, -0.15) is 13.1 Å². The molecule has 4 aromatic rings. The lowest BCUT2D eigenvalue weighted by molar-refractivity contribution is 0.141. The summed E-state index contributed by atoms with van der Waals surface area (Å²) in [7, 11) is -3.67. The highest BCUT2D eigenvalue weighted by Crippen LogP contribution is 2.26. The molecule has 31 heavy (non-hydrogen) atoms. The number of hydrogen-bond donors (Lipinski definition) is 1. The fourth-order valence-electron chi connectivity index (χ4n) is 3.94. The van der Waals surface area contributed by atoms with Crippen molar-refractivity contribution in [2.45, 2.75) is 17.9 Å². The average molecular weight is 457 g/mol. The van der Waals surface area contributed by atoms with Gasteiger partial charge in [0.05, 0.1) is 28.7 Å². The van der Waals surface area contributed by atoms with Crippen LogP contribution in [-0.2, 0) is 10.0 Å². The van der Waals surface area contributed by atoms with E-state index in [-0.39, 0.29) is 16.5 Å². The van der Waals surface area contributed by atoms with Crippen molar-refractivity contribution in [3.05, 3.63) is 58.6 Å². The molecule has 2 aromatic heterocycles. The third-order valence-electron chi connectivity index (χ3n) is 5.71. The normalized spacial score (nSPS) is 17.3. The summed E-state index contributed by atoms with van der Waals surface area (Å²) in [6.45, 7) is 3.72. The Morgan fingerprint density at radius 3 is 2.55 bits per heavy atom. The lowest BCUT2D eigenvalue weighted by atomic mass is 10.2. The van der Waals surface area contributed by atoms with Crippen LogP contribution in [0, 0.1) is 0 Å². The van der Waals surface area contributed by atoms with Crippen LogP contribution in [0.25, 0.3) is 21.9 Å². The van der Waals surface area contributed by atoms with E-state index in [0.717, 1.165) is 11.7 Å². The van der Waals surface area contributed by atoms with E-state index in [4.69, 9.17) is 0 Å².